The van der Waals surface area contributed by atoms with Crippen LogP contribution in [0.3, 0.4) is 0 Å². The zero-order chi connectivity index (χ0) is 17.8. The SMILES string of the molecule is NC(=O)c1cnc(N[C@H](C2CC2)C(F)(F)F)c2c1[nH]c1ccncc12. The van der Waals surface area contributed by atoms with Crippen molar-refractivity contribution in [3.63, 3.8) is 0 Å². The molecule has 0 saturated heterocycles. The molecule has 3 heterocycles. The van der Waals surface area contributed by atoms with Gasteiger partial charge >= 0.3 is 6.18 Å². The van der Waals surface area contributed by atoms with Crippen molar-refractivity contribution >= 4 is 33.5 Å². The quantitative estimate of drug-likeness (QED) is 0.675. The van der Waals surface area contributed by atoms with Crippen LogP contribution in [0.15, 0.2) is 24.7 Å². The summed E-state index contributed by atoms with van der Waals surface area (Å²) in [5.74, 6) is -1.11. The van der Waals surface area contributed by atoms with Crippen molar-refractivity contribution < 1.29 is 18.0 Å². The molecular weight excluding hydrogens is 335 g/mol. The van der Waals surface area contributed by atoms with Crippen LogP contribution in [0.4, 0.5) is 19.0 Å². The summed E-state index contributed by atoms with van der Waals surface area (Å²) in [6, 6.07) is -0.00398. The van der Waals surface area contributed by atoms with E-state index < -0.39 is 24.0 Å². The van der Waals surface area contributed by atoms with Gasteiger partial charge < -0.3 is 16.0 Å². The van der Waals surface area contributed by atoms with Gasteiger partial charge in [-0.3, -0.25) is 9.78 Å². The molecule has 4 rings (SSSR count). The predicted molar refractivity (Wildman–Crippen MR) is 86.1 cm³/mol. The number of alkyl halides is 3. The number of halogens is 3. The van der Waals surface area contributed by atoms with Crippen molar-refractivity contribution in [2.24, 2.45) is 11.7 Å². The summed E-state index contributed by atoms with van der Waals surface area (Å²) in [6.45, 7) is 0. The van der Waals surface area contributed by atoms with Gasteiger partial charge in [0.25, 0.3) is 5.91 Å². The molecule has 4 N–H and O–H groups in total. The number of rotatable bonds is 4. The normalized spacial score (nSPS) is 16.3. The number of amides is 1. The Balaban J connectivity index is 1.92. The summed E-state index contributed by atoms with van der Waals surface area (Å²) in [5.41, 5.74) is 6.47. The topological polar surface area (TPSA) is 96.7 Å². The first kappa shape index (κ1) is 15.7. The van der Waals surface area contributed by atoms with Crippen molar-refractivity contribution in [1.29, 1.82) is 0 Å². The van der Waals surface area contributed by atoms with Gasteiger partial charge in [0.05, 0.1) is 16.5 Å². The van der Waals surface area contributed by atoms with Gasteiger partial charge in [0.15, 0.2) is 0 Å². The Labute approximate surface area is 139 Å². The highest BCUT2D eigenvalue weighted by Crippen LogP contribution is 2.43. The third-order valence-corrected chi connectivity index (χ3v) is 4.43. The summed E-state index contributed by atoms with van der Waals surface area (Å²) in [5, 5.41) is 3.49. The van der Waals surface area contributed by atoms with Gasteiger partial charge in [0, 0.05) is 29.5 Å². The molecule has 25 heavy (non-hydrogen) atoms. The maximum atomic E-state index is 13.4. The van der Waals surface area contributed by atoms with Crippen LogP contribution < -0.4 is 11.1 Å². The van der Waals surface area contributed by atoms with Crippen molar-refractivity contribution in [2.75, 3.05) is 5.32 Å². The highest BCUT2D eigenvalue weighted by Gasteiger charge is 2.49. The summed E-state index contributed by atoms with van der Waals surface area (Å²) in [4.78, 5) is 22.7. The number of hydrogen-bond acceptors (Lipinski definition) is 4. The standard InChI is InChI=1S/C16H14F3N5O/c17-16(18,19)13(7-1-2-7)24-15-11-8-5-21-4-3-10(8)23-12(11)9(6-22-15)14(20)25/h3-7,13,23H,1-2H2,(H2,20,25)(H,22,24)/t13-/m1/s1. The van der Waals surface area contributed by atoms with Crippen molar-refractivity contribution in [3.8, 4) is 0 Å². The van der Waals surface area contributed by atoms with Crippen LogP contribution in [0.1, 0.15) is 23.2 Å². The van der Waals surface area contributed by atoms with Crippen LogP contribution in [0.2, 0.25) is 0 Å². The number of primary amides is 1. The molecule has 0 radical (unpaired) electrons. The molecule has 0 aliphatic heterocycles. The second kappa shape index (κ2) is 5.33. The van der Waals surface area contributed by atoms with Gasteiger partial charge in [0.1, 0.15) is 11.9 Å². The molecule has 1 aliphatic carbocycles. The smallest absolute Gasteiger partial charge is 0.365 e. The van der Waals surface area contributed by atoms with E-state index in [1.54, 1.807) is 12.3 Å². The van der Waals surface area contributed by atoms with E-state index in [1.807, 2.05) is 0 Å². The van der Waals surface area contributed by atoms with Crippen molar-refractivity contribution in [1.82, 2.24) is 15.0 Å². The molecule has 3 aromatic heterocycles. The Morgan fingerprint density at radius 1 is 1.36 bits per heavy atom. The Kier molecular flexibility index (Phi) is 3.34. The number of anilines is 1. The predicted octanol–water partition coefficient (Wildman–Crippen LogP) is 2.96. The highest BCUT2D eigenvalue weighted by atomic mass is 19.4. The molecule has 1 amide bonds. The fraction of sp³-hybridized carbons (Fsp3) is 0.312. The van der Waals surface area contributed by atoms with Crippen LogP contribution >= 0.6 is 0 Å². The van der Waals surface area contributed by atoms with E-state index in [9.17, 15) is 18.0 Å². The zero-order valence-corrected chi connectivity index (χ0v) is 12.9. The lowest BCUT2D eigenvalue weighted by Crippen LogP contribution is -2.38. The van der Waals surface area contributed by atoms with Gasteiger partial charge in [-0.15, -0.1) is 0 Å². The first-order chi connectivity index (χ1) is 11.9. The van der Waals surface area contributed by atoms with Gasteiger partial charge in [0.2, 0.25) is 0 Å². The van der Waals surface area contributed by atoms with E-state index in [2.05, 4.69) is 20.3 Å². The first-order valence-corrected chi connectivity index (χ1v) is 7.73. The number of nitrogens with two attached hydrogens (primary N) is 1. The molecule has 6 nitrogen and oxygen atoms in total. The average Bonchev–Trinajstić information content (AvgIpc) is 3.30. The number of carbonyl (C=O) groups excluding carboxylic acids is 1. The number of hydrogen-bond donors (Lipinski definition) is 3. The number of aromatic nitrogens is 3. The number of nitrogens with one attached hydrogen (secondary N) is 2. The third-order valence-electron chi connectivity index (χ3n) is 4.43. The monoisotopic (exact) mass is 349 g/mol. The minimum Gasteiger partial charge on any atom is -0.365 e. The lowest BCUT2D eigenvalue weighted by atomic mass is 10.1. The van der Waals surface area contributed by atoms with Crippen molar-refractivity contribution in [3.05, 3.63) is 30.2 Å². The molecule has 3 aromatic rings. The average molecular weight is 349 g/mol. The van der Waals surface area contributed by atoms with Crippen LogP contribution in [0, 0.1) is 5.92 Å². The minimum absolute atomic E-state index is 0.0634. The molecule has 0 bridgehead atoms. The third kappa shape index (κ3) is 2.65. The highest BCUT2D eigenvalue weighted by molar-refractivity contribution is 6.18. The van der Waals surface area contributed by atoms with Crippen LogP contribution in [-0.4, -0.2) is 33.1 Å². The second-order valence-corrected chi connectivity index (χ2v) is 6.18. The molecular formula is C16H14F3N5O. The van der Waals surface area contributed by atoms with E-state index in [0.29, 0.717) is 34.6 Å². The number of fused-ring (bicyclic) bond motifs is 3. The van der Waals surface area contributed by atoms with E-state index in [-0.39, 0.29) is 11.4 Å². The largest absolute Gasteiger partial charge is 0.408 e. The Morgan fingerprint density at radius 3 is 2.76 bits per heavy atom. The van der Waals surface area contributed by atoms with E-state index in [4.69, 9.17) is 5.73 Å². The van der Waals surface area contributed by atoms with E-state index in [1.165, 1.54) is 12.4 Å². The summed E-state index contributed by atoms with van der Waals surface area (Å²) in [6.07, 6.45) is 0.915. The molecule has 1 aliphatic rings. The molecule has 0 aromatic carbocycles. The fourth-order valence-electron chi connectivity index (χ4n) is 3.08. The first-order valence-electron chi connectivity index (χ1n) is 7.73. The lowest BCUT2D eigenvalue weighted by Gasteiger charge is -2.22. The molecule has 130 valence electrons. The van der Waals surface area contributed by atoms with Gasteiger partial charge in [-0.25, -0.2) is 4.98 Å². The van der Waals surface area contributed by atoms with Gasteiger partial charge in [-0.05, 0) is 24.8 Å². The number of H-pyrrole nitrogens is 1. The van der Waals surface area contributed by atoms with Crippen molar-refractivity contribution in [2.45, 2.75) is 25.1 Å². The number of carbonyl (C=O) groups is 1. The molecule has 1 saturated carbocycles. The van der Waals surface area contributed by atoms with Gasteiger partial charge in [-0.1, -0.05) is 0 Å². The molecule has 0 spiro atoms. The molecule has 0 unspecified atom stereocenters. The molecule has 9 heteroatoms. The van der Waals surface area contributed by atoms with E-state index >= 15 is 0 Å². The molecule has 1 fully saturated rings. The number of nitrogens with zero attached hydrogens (tertiary/aromatic N) is 2. The maximum Gasteiger partial charge on any atom is 0.408 e. The summed E-state index contributed by atoms with van der Waals surface area (Å²) >= 11 is 0. The van der Waals surface area contributed by atoms with Gasteiger partial charge in [-0.2, -0.15) is 13.2 Å². The summed E-state index contributed by atoms with van der Waals surface area (Å²) < 4.78 is 40.1. The molecule has 1 atom stereocenters. The number of pyridine rings is 2. The maximum absolute atomic E-state index is 13.4. The number of aromatic amines is 1. The zero-order valence-electron chi connectivity index (χ0n) is 12.9. The van der Waals surface area contributed by atoms with E-state index in [0.717, 1.165) is 0 Å². The fourth-order valence-corrected chi connectivity index (χ4v) is 3.08. The van der Waals surface area contributed by atoms with Crippen LogP contribution in [0.5, 0.6) is 0 Å². The minimum atomic E-state index is -4.39. The Morgan fingerprint density at radius 2 is 2.12 bits per heavy atom. The summed E-state index contributed by atoms with van der Waals surface area (Å²) in [7, 11) is 0. The lowest BCUT2D eigenvalue weighted by molar-refractivity contribution is -0.146. The Bertz CT molecular complexity index is 977. The van der Waals surface area contributed by atoms with Crippen LogP contribution in [-0.2, 0) is 0 Å². The van der Waals surface area contributed by atoms with Crippen LogP contribution in [0.25, 0.3) is 21.8 Å². The second-order valence-electron chi connectivity index (χ2n) is 6.18. The Hall–Kier alpha value is -2.84.